The van der Waals surface area contributed by atoms with Gasteiger partial charge in [0, 0.05) is 25.0 Å². The summed E-state index contributed by atoms with van der Waals surface area (Å²) in [5.74, 6) is -1.38. The SMILES string of the molecule is COC(=O)C1C(=O)CC2CCC1N2Cc1ccc(F)cc1. The summed E-state index contributed by atoms with van der Waals surface area (Å²) in [6.45, 7) is 0.635. The molecule has 21 heavy (non-hydrogen) atoms. The summed E-state index contributed by atoms with van der Waals surface area (Å²) in [6.07, 6.45) is 2.15. The number of piperidine rings is 1. The van der Waals surface area contributed by atoms with Crippen molar-refractivity contribution in [1.82, 2.24) is 4.90 Å². The smallest absolute Gasteiger partial charge is 0.317 e. The Hall–Kier alpha value is -1.75. The molecule has 1 aromatic carbocycles. The lowest BCUT2D eigenvalue weighted by Gasteiger charge is -2.37. The molecule has 0 saturated carbocycles. The Morgan fingerprint density at radius 3 is 2.71 bits per heavy atom. The van der Waals surface area contributed by atoms with Crippen LogP contribution in [0.15, 0.2) is 24.3 Å². The third-order valence-electron chi connectivity index (χ3n) is 4.59. The normalized spacial score (nSPS) is 28.7. The molecule has 3 rings (SSSR count). The molecule has 112 valence electrons. The largest absolute Gasteiger partial charge is 0.468 e. The number of ether oxygens (including phenoxy) is 1. The standard InChI is InChI=1S/C16H18FNO3/c1-21-16(20)15-13-7-6-12(8-14(15)19)18(13)9-10-2-4-11(17)5-3-10/h2-5,12-13,15H,6-9H2,1H3. The fourth-order valence-electron chi connectivity index (χ4n) is 3.58. The number of hydrogen-bond acceptors (Lipinski definition) is 4. The highest BCUT2D eigenvalue weighted by atomic mass is 19.1. The van der Waals surface area contributed by atoms with Gasteiger partial charge in [-0.3, -0.25) is 14.5 Å². The molecule has 0 spiro atoms. The van der Waals surface area contributed by atoms with Gasteiger partial charge in [-0.25, -0.2) is 4.39 Å². The molecule has 2 fully saturated rings. The third kappa shape index (κ3) is 2.58. The monoisotopic (exact) mass is 291 g/mol. The summed E-state index contributed by atoms with van der Waals surface area (Å²) >= 11 is 0. The van der Waals surface area contributed by atoms with E-state index in [-0.39, 0.29) is 23.7 Å². The van der Waals surface area contributed by atoms with Crippen LogP contribution < -0.4 is 0 Å². The number of halogens is 1. The van der Waals surface area contributed by atoms with Gasteiger partial charge >= 0.3 is 5.97 Å². The summed E-state index contributed by atoms with van der Waals surface area (Å²) in [7, 11) is 1.32. The molecule has 0 aliphatic carbocycles. The van der Waals surface area contributed by atoms with Crippen molar-refractivity contribution in [3.05, 3.63) is 35.6 Å². The van der Waals surface area contributed by atoms with Crippen molar-refractivity contribution in [1.29, 1.82) is 0 Å². The average Bonchev–Trinajstić information content (AvgIpc) is 2.75. The van der Waals surface area contributed by atoms with Crippen LogP contribution in [-0.2, 0) is 20.9 Å². The number of fused-ring (bicyclic) bond motifs is 2. The summed E-state index contributed by atoms with van der Waals surface area (Å²) < 4.78 is 17.8. The lowest BCUT2D eigenvalue weighted by molar-refractivity contribution is -0.154. The van der Waals surface area contributed by atoms with E-state index in [4.69, 9.17) is 4.74 Å². The van der Waals surface area contributed by atoms with Crippen molar-refractivity contribution in [2.24, 2.45) is 5.92 Å². The van der Waals surface area contributed by atoms with Crippen molar-refractivity contribution in [3.63, 3.8) is 0 Å². The summed E-state index contributed by atoms with van der Waals surface area (Å²) in [5, 5.41) is 0. The van der Waals surface area contributed by atoms with Crippen molar-refractivity contribution < 1.29 is 18.7 Å². The maximum Gasteiger partial charge on any atom is 0.317 e. The van der Waals surface area contributed by atoms with E-state index in [1.807, 2.05) is 0 Å². The molecule has 1 aromatic rings. The molecule has 4 nitrogen and oxygen atoms in total. The highest BCUT2D eigenvalue weighted by Gasteiger charge is 2.50. The molecule has 2 heterocycles. The second-order valence-corrected chi connectivity index (χ2v) is 5.77. The topological polar surface area (TPSA) is 46.6 Å². The van der Waals surface area contributed by atoms with Crippen molar-refractivity contribution in [3.8, 4) is 0 Å². The molecule has 3 unspecified atom stereocenters. The second-order valence-electron chi connectivity index (χ2n) is 5.77. The maximum atomic E-state index is 13.0. The van der Waals surface area contributed by atoms with Crippen LogP contribution in [0.25, 0.3) is 0 Å². The minimum absolute atomic E-state index is 0.00953. The summed E-state index contributed by atoms with van der Waals surface area (Å²) in [5.41, 5.74) is 0.992. The Bertz CT molecular complexity index is 557. The predicted molar refractivity (Wildman–Crippen MR) is 73.9 cm³/mol. The van der Waals surface area contributed by atoms with E-state index in [9.17, 15) is 14.0 Å². The van der Waals surface area contributed by atoms with Gasteiger partial charge in [0.25, 0.3) is 0 Å². The number of ketones is 1. The lowest BCUT2D eigenvalue weighted by atomic mass is 9.88. The van der Waals surface area contributed by atoms with E-state index < -0.39 is 11.9 Å². The van der Waals surface area contributed by atoms with E-state index in [0.29, 0.717) is 13.0 Å². The summed E-state index contributed by atoms with van der Waals surface area (Å²) in [4.78, 5) is 26.2. The molecular weight excluding hydrogens is 273 g/mol. The van der Waals surface area contributed by atoms with Gasteiger partial charge < -0.3 is 4.74 Å². The Kier molecular flexibility index (Phi) is 3.76. The molecule has 2 saturated heterocycles. The van der Waals surface area contributed by atoms with Crippen molar-refractivity contribution in [2.75, 3.05) is 7.11 Å². The number of rotatable bonds is 3. The number of esters is 1. The van der Waals surface area contributed by atoms with Crippen LogP contribution in [0.5, 0.6) is 0 Å². The predicted octanol–water partition coefficient (Wildman–Crippen LogP) is 1.92. The first-order chi connectivity index (χ1) is 10.1. The third-order valence-corrected chi connectivity index (χ3v) is 4.59. The van der Waals surface area contributed by atoms with Crippen molar-refractivity contribution in [2.45, 2.75) is 37.9 Å². The van der Waals surface area contributed by atoms with Gasteiger partial charge in [-0.15, -0.1) is 0 Å². The zero-order valence-electron chi connectivity index (χ0n) is 11.9. The Labute approximate surface area is 122 Å². The van der Waals surface area contributed by atoms with Crippen LogP contribution in [0.1, 0.15) is 24.8 Å². The van der Waals surface area contributed by atoms with Crippen LogP contribution in [0.4, 0.5) is 4.39 Å². The fourth-order valence-corrected chi connectivity index (χ4v) is 3.58. The van der Waals surface area contributed by atoms with Crippen LogP contribution in [0, 0.1) is 11.7 Å². The summed E-state index contributed by atoms with van der Waals surface area (Å²) in [6, 6.07) is 6.47. The van der Waals surface area contributed by atoms with E-state index in [0.717, 1.165) is 18.4 Å². The molecule has 5 heteroatoms. The molecule has 0 radical (unpaired) electrons. The highest BCUT2D eigenvalue weighted by Crippen LogP contribution is 2.38. The Morgan fingerprint density at radius 1 is 1.33 bits per heavy atom. The maximum absolute atomic E-state index is 13.0. The quantitative estimate of drug-likeness (QED) is 0.630. The van der Waals surface area contributed by atoms with Crippen LogP contribution in [-0.4, -0.2) is 35.8 Å². The molecule has 3 atom stereocenters. The minimum Gasteiger partial charge on any atom is -0.468 e. The molecule has 0 amide bonds. The van der Waals surface area contributed by atoms with Gasteiger partial charge in [-0.1, -0.05) is 12.1 Å². The van der Waals surface area contributed by atoms with E-state index in [1.54, 1.807) is 12.1 Å². The fraction of sp³-hybridized carbons (Fsp3) is 0.500. The number of carbonyl (C=O) groups excluding carboxylic acids is 2. The van der Waals surface area contributed by atoms with Gasteiger partial charge in [-0.2, -0.15) is 0 Å². The first kappa shape index (κ1) is 14.2. The molecular formula is C16H18FNO3. The lowest BCUT2D eigenvalue weighted by Crippen LogP contribution is -2.51. The van der Waals surface area contributed by atoms with E-state index >= 15 is 0 Å². The van der Waals surface area contributed by atoms with Gasteiger partial charge in [-0.05, 0) is 30.5 Å². The van der Waals surface area contributed by atoms with Crippen LogP contribution in [0.3, 0.4) is 0 Å². The van der Waals surface area contributed by atoms with Crippen LogP contribution in [0.2, 0.25) is 0 Å². The van der Waals surface area contributed by atoms with Gasteiger partial charge in [0.15, 0.2) is 0 Å². The second kappa shape index (κ2) is 5.56. The van der Waals surface area contributed by atoms with Crippen molar-refractivity contribution >= 4 is 11.8 Å². The first-order valence-corrected chi connectivity index (χ1v) is 7.21. The Balaban J connectivity index is 1.81. The zero-order valence-corrected chi connectivity index (χ0v) is 11.9. The number of Topliss-reactive ketones (excluding diaryl/α,β-unsaturated/α-hetero) is 1. The average molecular weight is 291 g/mol. The molecule has 2 aliphatic rings. The number of benzene rings is 1. The number of methoxy groups -OCH3 is 1. The first-order valence-electron chi connectivity index (χ1n) is 7.21. The van der Waals surface area contributed by atoms with Gasteiger partial charge in [0.1, 0.15) is 17.5 Å². The molecule has 2 bridgehead atoms. The van der Waals surface area contributed by atoms with Gasteiger partial charge in [0.2, 0.25) is 0 Å². The molecule has 0 aromatic heterocycles. The minimum atomic E-state index is -0.672. The zero-order chi connectivity index (χ0) is 15.0. The number of carbonyl (C=O) groups is 2. The molecule has 2 aliphatic heterocycles. The van der Waals surface area contributed by atoms with Gasteiger partial charge in [0.05, 0.1) is 7.11 Å². The highest BCUT2D eigenvalue weighted by molar-refractivity contribution is 6.00. The van der Waals surface area contributed by atoms with E-state index in [2.05, 4.69) is 4.90 Å². The van der Waals surface area contributed by atoms with E-state index in [1.165, 1.54) is 19.2 Å². The Morgan fingerprint density at radius 2 is 2.05 bits per heavy atom. The number of nitrogens with zero attached hydrogens (tertiary/aromatic N) is 1. The van der Waals surface area contributed by atoms with Crippen LogP contribution >= 0.6 is 0 Å². The number of hydrogen-bond donors (Lipinski definition) is 0. The molecule has 0 N–H and O–H groups in total.